The van der Waals surface area contributed by atoms with Crippen molar-refractivity contribution in [2.45, 2.75) is 58.3 Å². The number of hydrogen-bond acceptors (Lipinski definition) is 2. The van der Waals surface area contributed by atoms with Gasteiger partial charge in [0.2, 0.25) is 0 Å². The smallest absolute Gasteiger partial charge is 0.0433 e. The van der Waals surface area contributed by atoms with Crippen molar-refractivity contribution in [1.29, 1.82) is 0 Å². The first-order valence-electron chi connectivity index (χ1n) is 6.06. The first kappa shape index (κ1) is 13.9. The molecule has 1 unspecified atom stereocenters. The van der Waals surface area contributed by atoms with Crippen LogP contribution in [0.1, 0.15) is 58.3 Å². The molecule has 14 heavy (non-hydrogen) atoms. The highest BCUT2D eigenvalue weighted by Crippen LogP contribution is 2.17. The Morgan fingerprint density at radius 2 is 1.43 bits per heavy atom. The Kier molecular flexibility index (Phi) is 10.9. The van der Waals surface area contributed by atoms with Crippen molar-refractivity contribution in [2.75, 3.05) is 13.2 Å². The Labute approximate surface area is 88.3 Å². The van der Waals surface area contributed by atoms with Crippen LogP contribution in [0.15, 0.2) is 0 Å². The van der Waals surface area contributed by atoms with Crippen molar-refractivity contribution in [2.24, 2.45) is 5.92 Å². The van der Waals surface area contributed by atoms with Crippen molar-refractivity contribution >= 4 is 0 Å². The first-order valence-corrected chi connectivity index (χ1v) is 6.06. The van der Waals surface area contributed by atoms with E-state index in [1.54, 1.807) is 0 Å². The Morgan fingerprint density at radius 1 is 0.786 bits per heavy atom. The zero-order valence-electron chi connectivity index (χ0n) is 9.54. The lowest BCUT2D eigenvalue weighted by atomic mass is 9.95. The molecule has 0 aromatic carbocycles. The average molecular weight is 202 g/mol. The maximum absolute atomic E-state index is 8.81. The molecule has 2 heteroatoms. The van der Waals surface area contributed by atoms with Crippen molar-refractivity contribution < 1.29 is 10.2 Å². The lowest BCUT2D eigenvalue weighted by Gasteiger charge is -2.12. The molecule has 2 N–H and O–H groups in total. The molecule has 0 aromatic heterocycles. The Hall–Kier alpha value is -0.0800. The van der Waals surface area contributed by atoms with Gasteiger partial charge in [-0.25, -0.2) is 0 Å². The Balaban J connectivity index is 3.15. The van der Waals surface area contributed by atoms with Gasteiger partial charge in [-0.1, -0.05) is 45.4 Å². The summed E-state index contributed by atoms with van der Waals surface area (Å²) >= 11 is 0. The van der Waals surface area contributed by atoms with Gasteiger partial charge >= 0.3 is 0 Å². The summed E-state index contributed by atoms with van der Waals surface area (Å²) in [7, 11) is 0. The molecule has 0 bridgehead atoms. The van der Waals surface area contributed by atoms with Crippen molar-refractivity contribution in [3.63, 3.8) is 0 Å². The molecule has 86 valence electrons. The molecule has 0 heterocycles. The minimum atomic E-state index is 0.335. The quantitative estimate of drug-likeness (QED) is 0.535. The number of rotatable bonds is 10. The summed E-state index contributed by atoms with van der Waals surface area (Å²) in [6.45, 7) is 2.87. The van der Waals surface area contributed by atoms with E-state index in [4.69, 9.17) is 10.2 Å². The van der Waals surface area contributed by atoms with Crippen LogP contribution in [-0.4, -0.2) is 23.4 Å². The van der Waals surface area contributed by atoms with E-state index < -0.39 is 0 Å². The van der Waals surface area contributed by atoms with E-state index in [0.29, 0.717) is 13.2 Å². The Morgan fingerprint density at radius 3 is 2.00 bits per heavy atom. The van der Waals surface area contributed by atoms with Gasteiger partial charge in [0.1, 0.15) is 0 Å². The summed E-state index contributed by atoms with van der Waals surface area (Å²) in [4.78, 5) is 0. The van der Waals surface area contributed by atoms with Crippen LogP contribution in [0, 0.1) is 5.92 Å². The summed E-state index contributed by atoms with van der Waals surface area (Å²) in [6, 6.07) is 0. The molecule has 0 aliphatic carbocycles. The van der Waals surface area contributed by atoms with Crippen LogP contribution >= 0.6 is 0 Å². The molecule has 0 saturated carbocycles. The van der Waals surface area contributed by atoms with Gasteiger partial charge in [0.15, 0.2) is 0 Å². The molecule has 0 aromatic rings. The highest BCUT2D eigenvalue weighted by atomic mass is 16.3. The predicted octanol–water partition coefficient (Wildman–Crippen LogP) is 2.73. The number of aliphatic hydroxyl groups is 2. The van der Waals surface area contributed by atoms with E-state index in [9.17, 15) is 0 Å². The van der Waals surface area contributed by atoms with E-state index in [0.717, 1.165) is 25.2 Å². The van der Waals surface area contributed by atoms with Crippen LogP contribution in [0.2, 0.25) is 0 Å². The molecule has 0 spiro atoms. The third-order valence-electron chi connectivity index (χ3n) is 2.89. The van der Waals surface area contributed by atoms with Gasteiger partial charge < -0.3 is 10.2 Å². The van der Waals surface area contributed by atoms with Gasteiger partial charge in [0.25, 0.3) is 0 Å². The zero-order chi connectivity index (χ0) is 10.6. The number of aliphatic hydroxyl groups excluding tert-OH is 2. The van der Waals surface area contributed by atoms with Crippen LogP contribution in [0.5, 0.6) is 0 Å². The van der Waals surface area contributed by atoms with Crippen LogP contribution in [0.4, 0.5) is 0 Å². The molecule has 0 saturated heterocycles. The summed E-state index contributed by atoms with van der Waals surface area (Å²) in [5.74, 6) is 0.720. The normalized spacial score (nSPS) is 13.1. The second-order valence-corrected chi connectivity index (χ2v) is 4.07. The Bertz CT molecular complexity index is 104. The highest BCUT2D eigenvalue weighted by molar-refractivity contribution is 4.57. The van der Waals surface area contributed by atoms with Crippen LogP contribution < -0.4 is 0 Å². The summed E-state index contributed by atoms with van der Waals surface area (Å²) < 4.78 is 0. The van der Waals surface area contributed by atoms with E-state index >= 15 is 0 Å². The SMILES string of the molecule is CCC(CCO)CCCCCCCO. The minimum absolute atomic E-state index is 0.335. The van der Waals surface area contributed by atoms with Crippen LogP contribution in [-0.2, 0) is 0 Å². The van der Waals surface area contributed by atoms with Gasteiger partial charge in [-0.2, -0.15) is 0 Å². The van der Waals surface area contributed by atoms with Gasteiger partial charge in [0, 0.05) is 13.2 Å². The molecular weight excluding hydrogens is 176 g/mol. The third-order valence-corrected chi connectivity index (χ3v) is 2.89. The van der Waals surface area contributed by atoms with Crippen LogP contribution in [0.25, 0.3) is 0 Å². The number of hydrogen-bond donors (Lipinski definition) is 2. The largest absolute Gasteiger partial charge is 0.396 e. The van der Waals surface area contributed by atoms with E-state index in [1.807, 2.05) is 0 Å². The lowest BCUT2D eigenvalue weighted by molar-refractivity contribution is 0.246. The molecule has 0 amide bonds. The van der Waals surface area contributed by atoms with Crippen molar-refractivity contribution in [3.05, 3.63) is 0 Å². The fourth-order valence-electron chi connectivity index (χ4n) is 1.81. The first-order chi connectivity index (χ1) is 6.85. The molecule has 0 aliphatic heterocycles. The monoisotopic (exact) mass is 202 g/mol. The fourth-order valence-corrected chi connectivity index (χ4v) is 1.81. The van der Waals surface area contributed by atoms with E-state index in [-0.39, 0.29) is 0 Å². The van der Waals surface area contributed by atoms with E-state index in [2.05, 4.69) is 6.92 Å². The van der Waals surface area contributed by atoms with Gasteiger partial charge in [-0.05, 0) is 18.8 Å². The minimum Gasteiger partial charge on any atom is -0.396 e. The fraction of sp³-hybridized carbons (Fsp3) is 1.00. The van der Waals surface area contributed by atoms with Gasteiger partial charge in [-0.3, -0.25) is 0 Å². The number of unbranched alkanes of at least 4 members (excludes halogenated alkanes) is 4. The van der Waals surface area contributed by atoms with Gasteiger partial charge in [-0.15, -0.1) is 0 Å². The maximum atomic E-state index is 8.81. The molecular formula is C12H26O2. The summed E-state index contributed by atoms with van der Waals surface area (Å²) in [5.41, 5.74) is 0. The second-order valence-electron chi connectivity index (χ2n) is 4.07. The summed E-state index contributed by atoms with van der Waals surface area (Å²) in [6.07, 6.45) is 9.34. The molecule has 0 aliphatic rings. The molecule has 1 atom stereocenters. The van der Waals surface area contributed by atoms with Crippen molar-refractivity contribution in [1.82, 2.24) is 0 Å². The van der Waals surface area contributed by atoms with Gasteiger partial charge in [0.05, 0.1) is 0 Å². The molecule has 0 fully saturated rings. The average Bonchev–Trinajstić information content (AvgIpc) is 2.21. The highest BCUT2D eigenvalue weighted by Gasteiger charge is 2.04. The second kappa shape index (κ2) is 11.0. The molecule has 0 radical (unpaired) electrons. The standard InChI is InChI=1S/C12H26O2/c1-2-12(9-11-14)8-6-4-3-5-7-10-13/h12-14H,2-11H2,1H3. The van der Waals surface area contributed by atoms with Crippen LogP contribution in [0.3, 0.4) is 0 Å². The molecule has 2 nitrogen and oxygen atoms in total. The zero-order valence-corrected chi connectivity index (χ0v) is 9.54. The molecule has 0 rings (SSSR count). The lowest BCUT2D eigenvalue weighted by Crippen LogP contribution is -2.01. The van der Waals surface area contributed by atoms with Crippen molar-refractivity contribution in [3.8, 4) is 0 Å². The topological polar surface area (TPSA) is 40.5 Å². The maximum Gasteiger partial charge on any atom is 0.0433 e. The summed E-state index contributed by atoms with van der Waals surface area (Å²) in [5, 5.41) is 17.4. The third kappa shape index (κ3) is 8.52. The van der Waals surface area contributed by atoms with E-state index in [1.165, 1.54) is 32.1 Å². The predicted molar refractivity (Wildman–Crippen MR) is 60.3 cm³/mol.